The Morgan fingerprint density at radius 1 is 1.44 bits per heavy atom. The van der Waals surface area contributed by atoms with E-state index in [-0.39, 0.29) is 12.7 Å². The highest BCUT2D eigenvalue weighted by atomic mass is 16.3. The first-order valence-corrected chi connectivity index (χ1v) is 5.55. The maximum Gasteiger partial charge on any atom is 0.112 e. The van der Waals surface area contributed by atoms with Crippen molar-refractivity contribution in [2.75, 3.05) is 0 Å². The summed E-state index contributed by atoms with van der Waals surface area (Å²) in [7, 11) is 0. The predicted octanol–water partition coefficient (Wildman–Crippen LogP) is 0.836. The van der Waals surface area contributed by atoms with E-state index in [0.29, 0.717) is 6.42 Å². The molecule has 1 aromatic heterocycles. The number of aryl methyl sites for hydroxylation is 1. The van der Waals surface area contributed by atoms with Gasteiger partial charge in [0, 0.05) is 13.0 Å². The largest absolute Gasteiger partial charge is 0.393 e. The SMILES string of the molecule is OCc1ccc2c(c1)nc1n2CCC(O)C1. The number of hydrogen-bond donors (Lipinski definition) is 2. The molecule has 0 bridgehead atoms. The molecule has 1 unspecified atom stereocenters. The average Bonchev–Trinajstić information content (AvgIpc) is 2.64. The van der Waals surface area contributed by atoms with Crippen molar-refractivity contribution in [3.63, 3.8) is 0 Å². The molecular weight excluding hydrogens is 204 g/mol. The second kappa shape index (κ2) is 3.57. The zero-order valence-corrected chi connectivity index (χ0v) is 8.93. The lowest BCUT2D eigenvalue weighted by molar-refractivity contribution is 0.142. The summed E-state index contributed by atoms with van der Waals surface area (Å²) in [4.78, 5) is 4.50. The topological polar surface area (TPSA) is 58.3 Å². The number of rotatable bonds is 1. The highest BCUT2D eigenvalue weighted by Crippen LogP contribution is 2.23. The second-order valence-corrected chi connectivity index (χ2v) is 4.31. The van der Waals surface area contributed by atoms with Crippen LogP contribution >= 0.6 is 0 Å². The van der Waals surface area contributed by atoms with Gasteiger partial charge in [0.15, 0.2) is 0 Å². The van der Waals surface area contributed by atoms with Crippen LogP contribution < -0.4 is 0 Å². The number of aliphatic hydroxyl groups is 2. The third kappa shape index (κ3) is 1.42. The number of hydrogen-bond acceptors (Lipinski definition) is 3. The molecule has 4 heteroatoms. The van der Waals surface area contributed by atoms with Gasteiger partial charge in [-0.1, -0.05) is 6.07 Å². The molecule has 0 amide bonds. The van der Waals surface area contributed by atoms with Crippen molar-refractivity contribution in [2.24, 2.45) is 0 Å². The van der Waals surface area contributed by atoms with E-state index in [1.165, 1.54) is 0 Å². The second-order valence-electron chi connectivity index (χ2n) is 4.31. The lowest BCUT2D eigenvalue weighted by Crippen LogP contribution is -2.23. The number of fused-ring (bicyclic) bond motifs is 3. The van der Waals surface area contributed by atoms with Gasteiger partial charge in [-0.05, 0) is 24.1 Å². The Balaban J connectivity index is 2.16. The molecule has 0 spiro atoms. The van der Waals surface area contributed by atoms with Crippen LogP contribution in [0.25, 0.3) is 11.0 Å². The Kier molecular flexibility index (Phi) is 2.19. The lowest BCUT2D eigenvalue weighted by Gasteiger charge is -2.19. The monoisotopic (exact) mass is 218 g/mol. The van der Waals surface area contributed by atoms with Crippen LogP contribution in [-0.2, 0) is 19.6 Å². The minimum Gasteiger partial charge on any atom is -0.393 e. The number of aromatic nitrogens is 2. The molecule has 1 aliphatic heterocycles. The molecule has 0 saturated carbocycles. The molecular formula is C12H14N2O2. The van der Waals surface area contributed by atoms with Gasteiger partial charge in [-0.2, -0.15) is 0 Å². The Morgan fingerprint density at radius 3 is 3.12 bits per heavy atom. The van der Waals surface area contributed by atoms with Crippen LogP contribution in [0, 0.1) is 0 Å². The number of aliphatic hydroxyl groups excluding tert-OH is 2. The standard InChI is InChI=1S/C12H14N2O2/c15-7-8-1-2-11-10(5-8)13-12-6-9(16)3-4-14(11)12/h1-2,5,9,15-16H,3-4,6-7H2. The Labute approximate surface area is 93.2 Å². The smallest absolute Gasteiger partial charge is 0.112 e. The van der Waals surface area contributed by atoms with Crippen LogP contribution in [0.15, 0.2) is 18.2 Å². The quantitative estimate of drug-likeness (QED) is 0.745. The molecule has 2 aromatic rings. The van der Waals surface area contributed by atoms with E-state index in [2.05, 4.69) is 9.55 Å². The minimum atomic E-state index is -0.262. The summed E-state index contributed by atoms with van der Waals surface area (Å²) in [6.45, 7) is 0.867. The number of imidazole rings is 1. The average molecular weight is 218 g/mol. The zero-order chi connectivity index (χ0) is 11.1. The van der Waals surface area contributed by atoms with E-state index in [1.807, 2.05) is 18.2 Å². The third-order valence-corrected chi connectivity index (χ3v) is 3.18. The number of nitrogens with zero attached hydrogens (tertiary/aromatic N) is 2. The van der Waals surface area contributed by atoms with Gasteiger partial charge < -0.3 is 14.8 Å². The van der Waals surface area contributed by atoms with Gasteiger partial charge >= 0.3 is 0 Å². The van der Waals surface area contributed by atoms with Crippen molar-refractivity contribution < 1.29 is 10.2 Å². The highest BCUT2D eigenvalue weighted by Gasteiger charge is 2.19. The lowest BCUT2D eigenvalue weighted by atomic mass is 10.1. The van der Waals surface area contributed by atoms with Crippen LogP contribution in [0.3, 0.4) is 0 Å². The molecule has 0 aliphatic carbocycles. The van der Waals surface area contributed by atoms with Crippen molar-refractivity contribution in [3.05, 3.63) is 29.6 Å². The molecule has 0 radical (unpaired) electrons. The molecule has 2 N–H and O–H groups in total. The summed E-state index contributed by atoms with van der Waals surface area (Å²) in [6.07, 6.45) is 1.16. The van der Waals surface area contributed by atoms with Crippen molar-refractivity contribution in [3.8, 4) is 0 Å². The van der Waals surface area contributed by atoms with Crippen LogP contribution in [0.4, 0.5) is 0 Å². The summed E-state index contributed by atoms with van der Waals surface area (Å²) >= 11 is 0. The molecule has 0 fully saturated rings. The fourth-order valence-corrected chi connectivity index (χ4v) is 2.32. The minimum absolute atomic E-state index is 0.0424. The Hall–Kier alpha value is -1.39. The van der Waals surface area contributed by atoms with E-state index in [1.54, 1.807) is 0 Å². The van der Waals surface area contributed by atoms with Crippen LogP contribution in [0.5, 0.6) is 0 Å². The summed E-state index contributed by atoms with van der Waals surface area (Å²) in [5.41, 5.74) is 2.89. The molecule has 4 nitrogen and oxygen atoms in total. The van der Waals surface area contributed by atoms with E-state index < -0.39 is 0 Å². The molecule has 1 atom stereocenters. The fraction of sp³-hybridized carbons (Fsp3) is 0.417. The van der Waals surface area contributed by atoms with E-state index in [0.717, 1.165) is 35.4 Å². The first-order valence-electron chi connectivity index (χ1n) is 5.55. The first kappa shape index (κ1) is 9.81. The molecule has 3 rings (SSSR count). The first-order chi connectivity index (χ1) is 7.78. The summed E-state index contributed by atoms with van der Waals surface area (Å²) in [5.74, 6) is 0.948. The van der Waals surface area contributed by atoms with Crippen molar-refractivity contribution in [1.82, 2.24) is 9.55 Å². The van der Waals surface area contributed by atoms with Crippen LogP contribution in [-0.4, -0.2) is 25.9 Å². The molecule has 1 aliphatic rings. The maximum atomic E-state index is 9.59. The summed E-state index contributed by atoms with van der Waals surface area (Å²) in [6, 6.07) is 5.82. The van der Waals surface area contributed by atoms with Gasteiger partial charge in [-0.15, -0.1) is 0 Å². The van der Waals surface area contributed by atoms with E-state index >= 15 is 0 Å². The maximum absolute atomic E-state index is 9.59. The molecule has 16 heavy (non-hydrogen) atoms. The van der Waals surface area contributed by atoms with Crippen LogP contribution in [0.1, 0.15) is 17.8 Å². The van der Waals surface area contributed by atoms with Gasteiger partial charge in [-0.3, -0.25) is 0 Å². The Morgan fingerprint density at radius 2 is 2.31 bits per heavy atom. The fourth-order valence-electron chi connectivity index (χ4n) is 2.32. The normalized spacial score (nSPS) is 20.0. The van der Waals surface area contributed by atoms with Gasteiger partial charge in [0.2, 0.25) is 0 Å². The molecule has 84 valence electrons. The molecule has 2 heterocycles. The van der Waals surface area contributed by atoms with Gasteiger partial charge in [0.1, 0.15) is 5.82 Å². The van der Waals surface area contributed by atoms with Gasteiger partial charge in [-0.25, -0.2) is 4.98 Å². The molecule has 0 saturated heterocycles. The highest BCUT2D eigenvalue weighted by molar-refractivity contribution is 5.77. The zero-order valence-electron chi connectivity index (χ0n) is 8.93. The van der Waals surface area contributed by atoms with Crippen molar-refractivity contribution >= 4 is 11.0 Å². The molecule has 1 aromatic carbocycles. The van der Waals surface area contributed by atoms with Gasteiger partial charge in [0.25, 0.3) is 0 Å². The predicted molar refractivity (Wildman–Crippen MR) is 60.0 cm³/mol. The summed E-state index contributed by atoms with van der Waals surface area (Å²) in [5, 5.41) is 18.7. The summed E-state index contributed by atoms with van der Waals surface area (Å²) < 4.78 is 2.16. The van der Waals surface area contributed by atoms with Crippen LogP contribution in [0.2, 0.25) is 0 Å². The van der Waals surface area contributed by atoms with Crippen molar-refractivity contribution in [1.29, 1.82) is 0 Å². The third-order valence-electron chi connectivity index (χ3n) is 3.18. The van der Waals surface area contributed by atoms with E-state index in [9.17, 15) is 5.11 Å². The van der Waals surface area contributed by atoms with E-state index in [4.69, 9.17) is 5.11 Å². The Bertz CT molecular complexity index is 533. The number of benzene rings is 1. The van der Waals surface area contributed by atoms with Gasteiger partial charge in [0.05, 0.1) is 23.7 Å². The van der Waals surface area contributed by atoms with Crippen molar-refractivity contribution in [2.45, 2.75) is 32.1 Å².